The number of amides is 1. The number of hydrogen-bond acceptors (Lipinski definition) is 6. The maximum absolute atomic E-state index is 11.0. The molecule has 9 heteroatoms. The van der Waals surface area contributed by atoms with Crippen LogP contribution >= 0.6 is 11.3 Å². The summed E-state index contributed by atoms with van der Waals surface area (Å²) in [6.45, 7) is 4.60. The zero-order valence-corrected chi connectivity index (χ0v) is 15.3. The first kappa shape index (κ1) is 18.8. The molecule has 2 heterocycles. The number of rotatable bonds is 8. The number of unbranched alkanes of at least 4 members (excludes halogenated alkanes) is 2. The monoisotopic (exact) mass is 361 g/mol. The topological polar surface area (TPSA) is 118 Å². The summed E-state index contributed by atoms with van der Waals surface area (Å²) in [7, 11) is 0. The van der Waals surface area contributed by atoms with E-state index in [0.29, 0.717) is 29.2 Å². The molecule has 1 amide bonds. The number of nitrogens with two attached hydrogens (primary N) is 1. The van der Waals surface area contributed by atoms with Crippen molar-refractivity contribution in [2.45, 2.75) is 39.7 Å². The summed E-state index contributed by atoms with van der Waals surface area (Å²) >= 11 is 1.43. The Labute approximate surface area is 151 Å². The summed E-state index contributed by atoms with van der Waals surface area (Å²) in [5, 5.41) is 8.22. The number of carbonyl (C=O) groups excluding carboxylic acids is 1. The number of carbonyl (C=O) groups is 1. The van der Waals surface area contributed by atoms with Crippen molar-refractivity contribution in [3.8, 4) is 11.4 Å². The third-order valence-electron chi connectivity index (χ3n) is 3.25. The molecule has 0 saturated heterocycles. The Kier molecular flexibility index (Phi) is 7.27. The molecular formula is C16H23N7OS. The normalized spacial score (nSPS) is 11.4. The fourth-order valence-electron chi connectivity index (χ4n) is 1.99. The molecule has 8 nitrogen and oxygen atoms in total. The third-order valence-corrected chi connectivity index (χ3v) is 4.00. The summed E-state index contributed by atoms with van der Waals surface area (Å²) < 4.78 is 0. The Bertz CT molecular complexity index is 729. The lowest BCUT2D eigenvalue weighted by Gasteiger charge is -2.03. The zero-order chi connectivity index (χ0) is 18.1. The van der Waals surface area contributed by atoms with Gasteiger partial charge in [-0.1, -0.05) is 19.8 Å². The largest absolute Gasteiger partial charge is 0.370 e. The molecular weight excluding hydrogens is 338 g/mol. The molecule has 0 bridgehead atoms. The van der Waals surface area contributed by atoms with Gasteiger partial charge in [-0.2, -0.15) is 0 Å². The predicted molar refractivity (Wildman–Crippen MR) is 100 cm³/mol. The molecule has 0 radical (unpaired) electrons. The van der Waals surface area contributed by atoms with Crippen LogP contribution in [0.5, 0.6) is 0 Å². The van der Waals surface area contributed by atoms with Gasteiger partial charge in [-0.15, -0.1) is 11.3 Å². The number of anilines is 1. The number of nitrogens with zero attached hydrogens (tertiary/aromatic N) is 4. The van der Waals surface area contributed by atoms with Crippen LogP contribution in [-0.4, -0.2) is 33.4 Å². The number of aliphatic imine (C=N–C) groups is 1. The molecule has 2 aromatic rings. The number of nitrogens with one attached hydrogen (secondary N) is 2. The summed E-state index contributed by atoms with van der Waals surface area (Å²) in [4.78, 5) is 28.3. The molecule has 0 atom stereocenters. The van der Waals surface area contributed by atoms with E-state index < -0.39 is 0 Å². The molecule has 134 valence electrons. The molecule has 0 aliphatic carbocycles. The van der Waals surface area contributed by atoms with E-state index in [9.17, 15) is 4.79 Å². The molecule has 2 rings (SSSR count). The van der Waals surface area contributed by atoms with Gasteiger partial charge in [-0.3, -0.25) is 9.79 Å². The average molecular weight is 361 g/mol. The summed E-state index contributed by atoms with van der Waals surface area (Å²) in [6.07, 6.45) is 4.98. The van der Waals surface area contributed by atoms with Crippen LogP contribution in [-0.2, 0) is 11.3 Å². The number of hydrogen-bond donors (Lipinski definition) is 3. The van der Waals surface area contributed by atoms with Crippen LogP contribution < -0.4 is 16.4 Å². The molecule has 0 aliphatic heterocycles. The van der Waals surface area contributed by atoms with Gasteiger partial charge in [0.05, 0.1) is 12.2 Å². The Morgan fingerprint density at radius 3 is 2.92 bits per heavy atom. The minimum absolute atomic E-state index is 0.122. The van der Waals surface area contributed by atoms with Crippen LogP contribution in [0.2, 0.25) is 0 Å². The van der Waals surface area contributed by atoms with Crippen LogP contribution in [0.4, 0.5) is 5.13 Å². The van der Waals surface area contributed by atoms with E-state index in [1.807, 2.05) is 5.38 Å². The molecule has 0 unspecified atom stereocenters. The quantitative estimate of drug-likeness (QED) is 0.377. The number of aromatic nitrogens is 3. The molecule has 2 aromatic heterocycles. The van der Waals surface area contributed by atoms with Crippen LogP contribution in [0.1, 0.15) is 38.9 Å². The van der Waals surface area contributed by atoms with E-state index in [0.717, 1.165) is 25.0 Å². The fourth-order valence-corrected chi connectivity index (χ4v) is 2.70. The van der Waals surface area contributed by atoms with Crippen molar-refractivity contribution in [2.75, 3.05) is 11.9 Å². The first-order valence-corrected chi connectivity index (χ1v) is 9.05. The summed E-state index contributed by atoms with van der Waals surface area (Å²) in [5.74, 6) is 0.779. The van der Waals surface area contributed by atoms with Crippen LogP contribution in [0.15, 0.2) is 22.6 Å². The van der Waals surface area contributed by atoms with Gasteiger partial charge in [-0.25, -0.2) is 15.0 Å². The highest BCUT2D eigenvalue weighted by Crippen LogP contribution is 2.23. The van der Waals surface area contributed by atoms with E-state index in [4.69, 9.17) is 5.73 Å². The maximum atomic E-state index is 11.0. The van der Waals surface area contributed by atoms with E-state index in [1.165, 1.54) is 18.3 Å². The van der Waals surface area contributed by atoms with Gasteiger partial charge in [0.2, 0.25) is 5.91 Å². The molecule has 0 saturated carbocycles. The Morgan fingerprint density at radius 2 is 2.16 bits per heavy atom. The van der Waals surface area contributed by atoms with Crippen molar-refractivity contribution in [3.63, 3.8) is 0 Å². The first-order chi connectivity index (χ1) is 12.1. The van der Waals surface area contributed by atoms with E-state index in [2.05, 4.69) is 37.5 Å². The van der Waals surface area contributed by atoms with Crippen molar-refractivity contribution >= 4 is 28.3 Å². The fraction of sp³-hybridized carbons (Fsp3) is 0.438. The van der Waals surface area contributed by atoms with E-state index in [1.54, 1.807) is 12.3 Å². The Balaban J connectivity index is 1.98. The Hall–Kier alpha value is -2.55. The highest BCUT2D eigenvalue weighted by Gasteiger charge is 2.08. The zero-order valence-electron chi connectivity index (χ0n) is 14.5. The molecule has 25 heavy (non-hydrogen) atoms. The third kappa shape index (κ3) is 6.46. The maximum Gasteiger partial charge on any atom is 0.217 e. The molecule has 0 spiro atoms. The van der Waals surface area contributed by atoms with E-state index in [-0.39, 0.29) is 12.5 Å². The number of guanidine groups is 1. The lowest BCUT2D eigenvalue weighted by Crippen LogP contribution is -2.22. The molecule has 0 aromatic carbocycles. The van der Waals surface area contributed by atoms with E-state index >= 15 is 0 Å². The van der Waals surface area contributed by atoms with Crippen molar-refractivity contribution < 1.29 is 4.79 Å². The molecule has 0 aliphatic rings. The molecule has 4 N–H and O–H groups in total. The summed E-state index contributed by atoms with van der Waals surface area (Å²) in [6, 6.07) is 1.78. The van der Waals surface area contributed by atoms with Crippen molar-refractivity contribution in [1.29, 1.82) is 0 Å². The first-order valence-electron chi connectivity index (χ1n) is 8.17. The minimum Gasteiger partial charge on any atom is -0.370 e. The second-order valence-electron chi connectivity index (χ2n) is 5.40. The van der Waals surface area contributed by atoms with Crippen LogP contribution in [0.3, 0.4) is 0 Å². The minimum atomic E-state index is -0.122. The predicted octanol–water partition coefficient (Wildman–Crippen LogP) is 2.15. The highest BCUT2D eigenvalue weighted by molar-refractivity contribution is 7.14. The summed E-state index contributed by atoms with van der Waals surface area (Å²) in [5.41, 5.74) is 7.28. The highest BCUT2D eigenvalue weighted by atomic mass is 32.1. The standard InChI is InChI=1S/C16H23N7OS/c1-3-4-5-7-19-15(17)23-16-22-13(10-25-16)12-6-8-18-14(21-12)9-20-11(2)24/h6,8,10H,3-5,7,9H2,1-2H3,(H,20,24)(H3,17,19,22,23). The number of thiazole rings is 1. The van der Waals surface area contributed by atoms with Gasteiger partial charge in [-0.05, 0) is 12.5 Å². The van der Waals surface area contributed by atoms with Crippen molar-refractivity contribution in [2.24, 2.45) is 10.7 Å². The molecule has 0 fully saturated rings. The lowest BCUT2D eigenvalue weighted by atomic mass is 10.2. The van der Waals surface area contributed by atoms with Gasteiger partial charge < -0.3 is 16.4 Å². The van der Waals surface area contributed by atoms with Gasteiger partial charge >= 0.3 is 0 Å². The van der Waals surface area contributed by atoms with Gasteiger partial charge in [0.1, 0.15) is 11.5 Å². The SMILES string of the molecule is CCCCCN=C(N)Nc1nc(-c2ccnc(CNC(C)=O)n2)cs1. The smallest absolute Gasteiger partial charge is 0.217 e. The second kappa shape index (κ2) is 9.67. The van der Waals surface area contributed by atoms with Crippen molar-refractivity contribution in [1.82, 2.24) is 20.3 Å². The van der Waals surface area contributed by atoms with Crippen molar-refractivity contribution in [3.05, 3.63) is 23.5 Å². The van der Waals surface area contributed by atoms with Crippen LogP contribution in [0, 0.1) is 0 Å². The van der Waals surface area contributed by atoms with Crippen LogP contribution in [0.25, 0.3) is 11.4 Å². The Morgan fingerprint density at radius 1 is 1.32 bits per heavy atom. The average Bonchev–Trinajstić information content (AvgIpc) is 3.05. The van der Waals surface area contributed by atoms with Gasteiger partial charge in [0.15, 0.2) is 11.1 Å². The van der Waals surface area contributed by atoms with Gasteiger partial charge in [0, 0.05) is 25.0 Å². The second-order valence-corrected chi connectivity index (χ2v) is 6.26. The van der Waals surface area contributed by atoms with Gasteiger partial charge in [0.25, 0.3) is 0 Å². The lowest BCUT2D eigenvalue weighted by molar-refractivity contribution is -0.119.